The highest BCUT2D eigenvalue weighted by Crippen LogP contribution is 2.29. The van der Waals surface area contributed by atoms with Crippen molar-refractivity contribution in [2.24, 2.45) is 0 Å². The van der Waals surface area contributed by atoms with Crippen molar-refractivity contribution in [2.45, 2.75) is 24.3 Å². The van der Waals surface area contributed by atoms with E-state index in [1.165, 1.54) is 6.07 Å². The van der Waals surface area contributed by atoms with Gasteiger partial charge in [0.15, 0.2) is 0 Å². The van der Waals surface area contributed by atoms with E-state index in [0.717, 1.165) is 37.2 Å². The predicted molar refractivity (Wildman–Crippen MR) is 71.3 cm³/mol. The molecule has 0 N–H and O–H groups in total. The number of alkyl halides is 1. The molecule has 1 fully saturated rings. The number of rotatable bonds is 3. The molecule has 1 saturated heterocycles. The Morgan fingerprint density at radius 1 is 1.53 bits per heavy atom. The van der Waals surface area contributed by atoms with Gasteiger partial charge in [-0.15, -0.1) is 0 Å². The largest absolute Gasteiger partial charge is 0.380 e. The summed E-state index contributed by atoms with van der Waals surface area (Å²) in [5.74, 6) is -0.140. The van der Waals surface area contributed by atoms with Gasteiger partial charge in [0.05, 0.1) is 11.8 Å². The van der Waals surface area contributed by atoms with Crippen LogP contribution in [0.25, 0.3) is 0 Å². The number of hydrogen-bond donors (Lipinski definition) is 0. The molecule has 0 aliphatic carbocycles. The maximum atomic E-state index is 13.9. The van der Waals surface area contributed by atoms with Crippen molar-refractivity contribution in [2.75, 3.05) is 25.1 Å². The van der Waals surface area contributed by atoms with Gasteiger partial charge in [0.25, 0.3) is 0 Å². The highest BCUT2D eigenvalue weighted by molar-refractivity contribution is 9.08. The summed E-state index contributed by atoms with van der Waals surface area (Å²) in [6.07, 6.45) is 2.33. The number of nitrogens with zero attached hydrogens (tertiary/aromatic N) is 1. The number of methoxy groups -OCH3 is 1. The summed E-state index contributed by atoms with van der Waals surface area (Å²) in [4.78, 5) is 2.10. The molecule has 1 unspecified atom stereocenters. The van der Waals surface area contributed by atoms with E-state index in [9.17, 15) is 4.39 Å². The van der Waals surface area contributed by atoms with E-state index in [4.69, 9.17) is 4.74 Å². The van der Waals surface area contributed by atoms with Crippen molar-refractivity contribution in [3.05, 3.63) is 29.6 Å². The van der Waals surface area contributed by atoms with Crippen LogP contribution >= 0.6 is 15.9 Å². The van der Waals surface area contributed by atoms with Crippen LogP contribution in [0.4, 0.5) is 10.1 Å². The van der Waals surface area contributed by atoms with Gasteiger partial charge in [-0.2, -0.15) is 0 Å². The summed E-state index contributed by atoms with van der Waals surface area (Å²) in [5, 5.41) is 0.675. The average molecular weight is 302 g/mol. The Kier molecular flexibility index (Phi) is 4.40. The molecule has 1 aliphatic heterocycles. The minimum absolute atomic E-state index is 0.140. The molecule has 17 heavy (non-hydrogen) atoms. The van der Waals surface area contributed by atoms with Crippen LogP contribution in [0.1, 0.15) is 18.4 Å². The zero-order valence-electron chi connectivity index (χ0n) is 9.96. The number of halogens is 2. The molecule has 1 aromatic rings. The van der Waals surface area contributed by atoms with Crippen LogP contribution in [-0.2, 0) is 10.1 Å². The maximum Gasteiger partial charge on any atom is 0.146 e. The summed E-state index contributed by atoms with van der Waals surface area (Å²) in [6, 6.07) is 5.24. The lowest BCUT2D eigenvalue weighted by atomic mass is 10.1. The first-order valence-electron chi connectivity index (χ1n) is 5.87. The van der Waals surface area contributed by atoms with Crippen molar-refractivity contribution in [3.8, 4) is 0 Å². The molecule has 1 aliphatic rings. The van der Waals surface area contributed by atoms with Gasteiger partial charge >= 0.3 is 0 Å². The summed E-state index contributed by atoms with van der Waals surface area (Å²) < 4.78 is 19.3. The quantitative estimate of drug-likeness (QED) is 0.794. The molecule has 1 heterocycles. The minimum atomic E-state index is -0.140. The van der Waals surface area contributed by atoms with E-state index >= 15 is 0 Å². The van der Waals surface area contributed by atoms with Crippen LogP contribution in [-0.4, -0.2) is 26.3 Å². The fraction of sp³-hybridized carbons (Fsp3) is 0.538. The molecule has 2 nitrogen and oxygen atoms in total. The van der Waals surface area contributed by atoms with Crippen LogP contribution in [0, 0.1) is 5.82 Å². The zero-order valence-corrected chi connectivity index (χ0v) is 11.5. The van der Waals surface area contributed by atoms with Gasteiger partial charge in [-0.3, -0.25) is 0 Å². The van der Waals surface area contributed by atoms with Crippen LogP contribution in [0.3, 0.4) is 0 Å². The van der Waals surface area contributed by atoms with E-state index in [-0.39, 0.29) is 11.9 Å². The van der Waals surface area contributed by atoms with Crippen LogP contribution < -0.4 is 4.90 Å². The number of para-hydroxylation sites is 1. The molecule has 2 rings (SSSR count). The molecule has 94 valence electrons. The monoisotopic (exact) mass is 301 g/mol. The first-order chi connectivity index (χ1) is 8.26. The lowest BCUT2D eigenvalue weighted by Gasteiger charge is -2.34. The Morgan fingerprint density at radius 2 is 2.35 bits per heavy atom. The lowest BCUT2D eigenvalue weighted by molar-refractivity contribution is 0.0891. The van der Waals surface area contributed by atoms with E-state index < -0.39 is 0 Å². The zero-order chi connectivity index (χ0) is 12.3. The molecular formula is C13H17BrFNO. The smallest absolute Gasteiger partial charge is 0.146 e. The molecule has 0 spiro atoms. The van der Waals surface area contributed by atoms with Gasteiger partial charge < -0.3 is 9.64 Å². The highest BCUT2D eigenvalue weighted by Gasteiger charge is 2.23. The Balaban J connectivity index is 2.26. The topological polar surface area (TPSA) is 12.5 Å². The van der Waals surface area contributed by atoms with Crippen molar-refractivity contribution < 1.29 is 9.13 Å². The average Bonchev–Trinajstić information content (AvgIpc) is 2.38. The first-order valence-corrected chi connectivity index (χ1v) is 6.99. The van der Waals surface area contributed by atoms with Gasteiger partial charge in [-0.05, 0) is 24.5 Å². The predicted octanol–water partition coefficient (Wildman–Crippen LogP) is 3.34. The first kappa shape index (κ1) is 12.8. The standard InChI is InChI=1S/C13H17BrFNO/c1-17-11-5-3-7-16(9-11)13-10(8-14)4-2-6-12(13)15/h2,4,6,11H,3,5,7-9H2,1H3. The van der Waals surface area contributed by atoms with Crippen molar-refractivity contribution >= 4 is 21.6 Å². The minimum Gasteiger partial charge on any atom is -0.380 e. The van der Waals surface area contributed by atoms with E-state index in [1.807, 2.05) is 6.07 Å². The molecule has 1 aromatic carbocycles. The molecule has 0 amide bonds. The fourth-order valence-electron chi connectivity index (χ4n) is 2.36. The summed E-state index contributed by atoms with van der Waals surface area (Å²) in [7, 11) is 1.72. The fourth-order valence-corrected chi connectivity index (χ4v) is 2.81. The lowest BCUT2D eigenvalue weighted by Crippen LogP contribution is -2.40. The van der Waals surface area contributed by atoms with Gasteiger partial charge in [0, 0.05) is 25.5 Å². The molecule has 0 saturated carbocycles. The molecule has 0 bridgehead atoms. The van der Waals surface area contributed by atoms with E-state index in [2.05, 4.69) is 20.8 Å². The molecule has 1 atom stereocenters. The van der Waals surface area contributed by atoms with Gasteiger partial charge in [-0.1, -0.05) is 28.1 Å². The normalized spacial score (nSPS) is 20.6. The molecule has 4 heteroatoms. The van der Waals surface area contributed by atoms with Crippen molar-refractivity contribution in [1.29, 1.82) is 0 Å². The molecule has 0 aromatic heterocycles. The highest BCUT2D eigenvalue weighted by atomic mass is 79.9. The van der Waals surface area contributed by atoms with Crippen LogP contribution in [0.5, 0.6) is 0 Å². The van der Waals surface area contributed by atoms with E-state index in [1.54, 1.807) is 13.2 Å². The number of piperidine rings is 1. The number of ether oxygens (including phenoxy) is 1. The molecular weight excluding hydrogens is 285 g/mol. The number of anilines is 1. The van der Waals surface area contributed by atoms with Gasteiger partial charge in [-0.25, -0.2) is 4.39 Å². The summed E-state index contributed by atoms with van der Waals surface area (Å²) >= 11 is 3.42. The third-order valence-electron chi connectivity index (χ3n) is 3.24. The second-order valence-electron chi connectivity index (χ2n) is 4.33. The SMILES string of the molecule is COC1CCCN(c2c(F)cccc2CBr)C1. The van der Waals surface area contributed by atoms with E-state index in [0.29, 0.717) is 5.33 Å². The molecule has 0 radical (unpaired) electrons. The van der Waals surface area contributed by atoms with Gasteiger partial charge in [0.2, 0.25) is 0 Å². The Bertz CT molecular complexity index is 386. The number of hydrogen-bond acceptors (Lipinski definition) is 2. The second-order valence-corrected chi connectivity index (χ2v) is 4.89. The third kappa shape index (κ3) is 2.80. The van der Waals surface area contributed by atoms with Crippen LogP contribution in [0.2, 0.25) is 0 Å². The van der Waals surface area contributed by atoms with Gasteiger partial charge in [0.1, 0.15) is 5.82 Å². The Morgan fingerprint density at radius 3 is 3.06 bits per heavy atom. The van der Waals surface area contributed by atoms with Crippen molar-refractivity contribution in [1.82, 2.24) is 0 Å². The summed E-state index contributed by atoms with van der Waals surface area (Å²) in [6.45, 7) is 1.68. The number of benzene rings is 1. The van der Waals surface area contributed by atoms with Crippen LogP contribution in [0.15, 0.2) is 18.2 Å². The third-order valence-corrected chi connectivity index (χ3v) is 3.85. The Labute approximate surface area is 110 Å². The Hall–Kier alpha value is -0.610. The van der Waals surface area contributed by atoms with Crippen molar-refractivity contribution in [3.63, 3.8) is 0 Å². The maximum absolute atomic E-state index is 13.9. The summed E-state index contributed by atoms with van der Waals surface area (Å²) in [5.41, 5.74) is 1.73. The second kappa shape index (κ2) is 5.83.